The van der Waals surface area contributed by atoms with E-state index in [-0.39, 0.29) is 0 Å². The molecule has 0 amide bonds. The molecule has 0 spiro atoms. The molecule has 0 atom stereocenters. The summed E-state index contributed by atoms with van der Waals surface area (Å²) in [6.07, 6.45) is -13.7. The fourth-order valence-corrected chi connectivity index (χ4v) is 1.37. The third kappa shape index (κ3) is 4.51. The lowest BCUT2D eigenvalue weighted by Gasteiger charge is -2.31. The summed E-state index contributed by atoms with van der Waals surface area (Å²) in [5, 5.41) is 0. The maximum Gasteiger partial charge on any atom is 0.460 e. The van der Waals surface area contributed by atoms with Gasteiger partial charge in [0.15, 0.2) is 0 Å². The predicted molar refractivity (Wildman–Crippen MR) is 54.5 cm³/mol. The second-order valence-corrected chi connectivity index (χ2v) is 9.37. The van der Waals surface area contributed by atoms with Crippen molar-refractivity contribution in [3.8, 4) is 0 Å². The van der Waals surface area contributed by atoms with Crippen LogP contribution in [0.3, 0.4) is 0 Å². The highest BCUT2D eigenvalue weighted by molar-refractivity contribution is 6.69. The molecule has 0 saturated heterocycles. The van der Waals surface area contributed by atoms with Crippen LogP contribution in [0.15, 0.2) is 11.8 Å². The van der Waals surface area contributed by atoms with Gasteiger partial charge in [-0.15, -0.1) is 0 Å². The van der Waals surface area contributed by atoms with Crippen molar-refractivity contribution in [2.24, 2.45) is 0 Å². The van der Waals surface area contributed by atoms with E-state index in [1.165, 1.54) is 19.6 Å². The van der Waals surface area contributed by atoms with Crippen molar-refractivity contribution >= 4 is 8.32 Å². The molecule has 0 aromatic carbocycles. The van der Waals surface area contributed by atoms with Crippen LogP contribution in [0.1, 0.15) is 0 Å². The van der Waals surface area contributed by atoms with Gasteiger partial charge in [-0.3, -0.25) is 0 Å². The van der Waals surface area contributed by atoms with Crippen LogP contribution in [0.5, 0.6) is 0 Å². The van der Waals surface area contributed by atoms with Crippen molar-refractivity contribution in [3.05, 3.63) is 11.8 Å². The van der Waals surface area contributed by atoms with Gasteiger partial charge in [0.05, 0.1) is 6.26 Å². The van der Waals surface area contributed by atoms with Crippen molar-refractivity contribution < 1.29 is 48.3 Å². The summed E-state index contributed by atoms with van der Waals surface area (Å²) in [6.45, 7) is 3.66. The maximum atomic E-state index is 13.1. The molecule has 21 heavy (non-hydrogen) atoms. The molecule has 0 heterocycles. The maximum absolute atomic E-state index is 13.1. The molecule has 0 bridgehead atoms. The molecule has 0 radical (unpaired) electrons. The van der Waals surface area contributed by atoms with Gasteiger partial charge in [-0.2, -0.15) is 43.9 Å². The molecule has 0 N–H and O–H groups in total. The second-order valence-electron chi connectivity index (χ2n) is 4.91. The number of allylic oxidation sites excluding steroid dienone is 1. The average molecular weight is 352 g/mol. The quantitative estimate of drug-likeness (QED) is 0.388. The van der Waals surface area contributed by atoms with Gasteiger partial charge < -0.3 is 4.43 Å². The first-order valence-electron chi connectivity index (χ1n) is 5.12. The Kier molecular flexibility index (Phi) is 5.12. The molecule has 0 rings (SSSR count). The third-order valence-electron chi connectivity index (χ3n) is 1.92. The highest BCUT2D eigenvalue weighted by Gasteiger charge is 2.77. The number of halogens is 10. The lowest BCUT2D eigenvalue weighted by molar-refractivity contribution is -0.351. The summed E-state index contributed by atoms with van der Waals surface area (Å²) in [4.78, 5) is 0. The Bertz CT molecular complexity index is 400. The highest BCUT2D eigenvalue weighted by atomic mass is 28.4. The Morgan fingerprint density at radius 2 is 1.19 bits per heavy atom. The molecular formula is C9H10F10OSi. The van der Waals surface area contributed by atoms with Crippen molar-refractivity contribution in [2.75, 3.05) is 0 Å². The highest BCUT2D eigenvalue weighted by Crippen LogP contribution is 2.53. The standard InChI is InChI=1S/C9H10F10OSi/c1-21(2,3)20-4-5(7(12,13)14)6(10,11)8(15,16)9(17,18)19/h4H,1-3H3/b5-4+. The molecule has 0 fully saturated rings. The smallest absolute Gasteiger partial charge is 0.460 e. The predicted octanol–water partition coefficient (Wildman–Crippen LogP) is 5.12. The lowest BCUT2D eigenvalue weighted by atomic mass is 10.0. The van der Waals surface area contributed by atoms with Crippen LogP contribution in [-0.4, -0.2) is 32.5 Å². The van der Waals surface area contributed by atoms with E-state index < -0.39 is 44.4 Å². The molecule has 0 aliphatic heterocycles. The van der Waals surface area contributed by atoms with E-state index >= 15 is 0 Å². The zero-order valence-electron chi connectivity index (χ0n) is 10.8. The zero-order chi connectivity index (χ0) is 17.5. The van der Waals surface area contributed by atoms with Gasteiger partial charge in [-0.25, -0.2) is 0 Å². The lowest BCUT2D eigenvalue weighted by Crippen LogP contribution is -2.55. The summed E-state index contributed by atoms with van der Waals surface area (Å²) in [7, 11) is -2.92. The molecule has 0 aliphatic rings. The largest absolute Gasteiger partial charge is 0.549 e. The number of hydrogen-bond acceptors (Lipinski definition) is 1. The molecule has 0 unspecified atom stereocenters. The van der Waals surface area contributed by atoms with Gasteiger partial charge in [0.25, 0.3) is 0 Å². The van der Waals surface area contributed by atoms with Crippen molar-refractivity contribution in [1.29, 1.82) is 0 Å². The average Bonchev–Trinajstić information content (AvgIpc) is 2.10. The van der Waals surface area contributed by atoms with Crippen molar-refractivity contribution in [1.82, 2.24) is 0 Å². The first-order valence-corrected chi connectivity index (χ1v) is 8.53. The summed E-state index contributed by atoms with van der Waals surface area (Å²) < 4.78 is 129. The van der Waals surface area contributed by atoms with Gasteiger partial charge in [-0.1, -0.05) is 0 Å². The van der Waals surface area contributed by atoms with Gasteiger partial charge >= 0.3 is 24.2 Å². The fourth-order valence-electron chi connectivity index (χ4n) is 0.902. The van der Waals surface area contributed by atoms with E-state index in [0.717, 1.165) is 0 Å². The minimum Gasteiger partial charge on any atom is -0.549 e. The van der Waals surface area contributed by atoms with Gasteiger partial charge in [0, 0.05) is 0 Å². The summed E-state index contributed by atoms with van der Waals surface area (Å²) >= 11 is 0. The molecule has 126 valence electrons. The second kappa shape index (κ2) is 5.36. The minimum absolute atomic E-state index is 0.758. The van der Waals surface area contributed by atoms with E-state index in [9.17, 15) is 43.9 Å². The van der Waals surface area contributed by atoms with Gasteiger partial charge in [-0.05, 0) is 19.6 Å². The Morgan fingerprint density at radius 1 is 0.810 bits per heavy atom. The summed E-state index contributed by atoms with van der Waals surface area (Å²) in [5.41, 5.74) is -3.39. The van der Waals surface area contributed by atoms with Crippen molar-refractivity contribution in [3.63, 3.8) is 0 Å². The summed E-state index contributed by atoms with van der Waals surface area (Å²) in [5.74, 6) is -13.4. The Morgan fingerprint density at radius 3 is 1.43 bits per heavy atom. The molecule has 0 aromatic heterocycles. The molecule has 0 aliphatic carbocycles. The van der Waals surface area contributed by atoms with E-state index in [0.29, 0.717) is 0 Å². The van der Waals surface area contributed by atoms with E-state index in [4.69, 9.17) is 0 Å². The van der Waals surface area contributed by atoms with E-state index in [1.807, 2.05) is 0 Å². The molecule has 12 heteroatoms. The van der Waals surface area contributed by atoms with E-state index in [2.05, 4.69) is 4.43 Å². The van der Waals surface area contributed by atoms with Crippen LogP contribution in [0, 0.1) is 0 Å². The molecular weight excluding hydrogens is 342 g/mol. The number of hydrogen-bond donors (Lipinski definition) is 0. The number of rotatable bonds is 4. The number of alkyl halides is 10. The van der Waals surface area contributed by atoms with Crippen LogP contribution in [0.25, 0.3) is 0 Å². The minimum atomic E-state index is -6.90. The monoisotopic (exact) mass is 352 g/mol. The van der Waals surface area contributed by atoms with Crippen LogP contribution in [0.4, 0.5) is 43.9 Å². The third-order valence-corrected chi connectivity index (χ3v) is 2.75. The fraction of sp³-hybridized carbons (Fsp3) is 0.778. The SMILES string of the molecule is C[Si](C)(C)O/C=C(/C(F)(F)F)C(F)(F)C(F)(F)C(F)(F)F. The molecule has 0 saturated carbocycles. The Hall–Kier alpha value is -0.943. The first kappa shape index (κ1) is 20.1. The Labute approximate surface area is 113 Å². The van der Waals surface area contributed by atoms with Crippen LogP contribution in [0.2, 0.25) is 19.6 Å². The van der Waals surface area contributed by atoms with Crippen LogP contribution < -0.4 is 0 Å². The zero-order valence-corrected chi connectivity index (χ0v) is 11.8. The van der Waals surface area contributed by atoms with Gasteiger partial charge in [0.2, 0.25) is 8.32 Å². The normalized spacial score (nSPS) is 16.1. The van der Waals surface area contributed by atoms with Crippen molar-refractivity contribution in [2.45, 2.75) is 43.8 Å². The van der Waals surface area contributed by atoms with Gasteiger partial charge in [0.1, 0.15) is 5.57 Å². The summed E-state index contributed by atoms with van der Waals surface area (Å²) in [6, 6.07) is 0. The molecule has 1 nitrogen and oxygen atoms in total. The Balaban J connectivity index is 5.97. The van der Waals surface area contributed by atoms with E-state index in [1.54, 1.807) is 0 Å². The van der Waals surface area contributed by atoms with Crippen LogP contribution >= 0.6 is 0 Å². The van der Waals surface area contributed by atoms with Crippen LogP contribution in [-0.2, 0) is 4.43 Å². The molecule has 0 aromatic rings. The topological polar surface area (TPSA) is 9.23 Å². The first-order chi connectivity index (χ1) is 8.84.